The molecule has 0 unspecified atom stereocenters. The van der Waals surface area contributed by atoms with E-state index in [1.54, 1.807) is 0 Å². The highest BCUT2D eigenvalue weighted by atomic mass is 16.6. The summed E-state index contributed by atoms with van der Waals surface area (Å²) in [6.45, 7) is 0. The van der Waals surface area contributed by atoms with Crippen LogP contribution in [0.2, 0.25) is 0 Å². The van der Waals surface area contributed by atoms with Crippen LogP contribution in [0.1, 0.15) is 12.8 Å². The Bertz CT molecular complexity index is 540. The van der Waals surface area contributed by atoms with Gasteiger partial charge in [0.05, 0.1) is 11.8 Å². The Kier molecular flexibility index (Phi) is 2.22. The van der Waals surface area contributed by atoms with Crippen molar-refractivity contribution in [3.05, 3.63) is 30.3 Å². The lowest BCUT2D eigenvalue weighted by Crippen LogP contribution is -2.35. The van der Waals surface area contributed by atoms with Crippen LogP contribution in [0.5, 0.6) is 0 Å². The zero-order valence-corrected chi connectivity index (χ0v) is 10.4. The van der Waals surface area contributed by atoms with E-state index in [0.717, 1.165) is 18.5 Å². The third-order valence-corrected chi connectivity index (χ3v) is 4.83. The zero-order valence-electron chi connectivity index (χ0n) is 10.4. The van der Waals surface area contributed by atoms with Crippen molar-refractivity contribution in [2.75, 3.05) is 5.32 Å². The Morgan fingerprint density at radius 3 is 2.79 bits per heavy atom. The summed E-state index contributed by atoms with van der Waals surface area (Å²) >= 11 is 0. The van der Waals surface area contributed by atoms with E-state index in [-0.39, 0.29) is 35.7 Å². The molecule has 4 rings (SSSR count). The van der Waals surface area contributed by atoms with Gasteiger partial charge < -0.3 is 10.1 Å². The van der Waals surface area contributed by atoms with Crippen LogP contribution in [0.15, 0.2) is 30.3 Å². The van der Waals surface area contributed by atoms with Gasteiger partial charge in [-0.25, -0.2) is 0 Å². The first kappa shape index (κ1) is 11.0. The number of carbonyl (C=O) groups excluding carboxylic acids is 2. The Labute approximate surface area is 111 Å². The van der Waals surface area contributed by atoms with E-state index in [9.17, 15) is 9.59 Å². The molecule has 98 valence electrons. The molecule has 4 heteroatoms. The summed E-state index contributed by atoms with van der Waals surface area (Å²) in [6, 6.07) is 9.40. The number of esters is 1. The molecule has 0 radical (unpaired) electrons. The van der Waals surface area contributed by atoms with Gasteiger partial charge in [-0.2, -0.15) is 0 Å². The predicted molar refractivity (Wildman–Crippen MR) is 68.1 cm³/mol. The number of hydrogen-bond acceptors (Lipinski definition) is 3. The molecule has 1 aliphatic heterocycles. The fraction of sp³-hybridized carbons (Fsp3) is 0.467. The van der Waals surface area contributed by atoms with Gasteiger partial charge in [-0.3, -0.25) is 9.59 Å². The van der Waals surface area contributed by atoms with Crippen molar-refractivity contribution in [2.24, 2.45) is 23.7 Å². The van der Waals surface area contributed by atoms with Crippen LogP contribution < -0.4 is 5.32 Å². The smallest absolute Gasteiger partial charge is 0.310 e. The maximum atomic E-state index is 12.4. The Morgan fingerprint density at radius 1 is 1.21 bits per heavy atom. The normalized spacial score (nSPS) is 38.3. The van der Waals surface area contributed by atoms with Crippen molar-refractivity contribution >= 4 is 17.6 Å². The summed E-state index contributed by atoms with van der Waals surface area (Å²) < 4.78 is 5.35. The standard InChI is InChI=1S/C15H15NO3/c17-14(16-9-4-2-1-3-5-9)12-8-6-10-11(7-8)19-15(18)13(10)12/h1-5,8,10-13H,6-7H2,(H,16,17)/t8-,10+,11-,12-,13+/m1/s1. The second-order valence-corrected chi connectivity index (χ2v) is 5.78. The summed E-state index contributed by atoms with van der Waals surface area (Å²) in [4.78, 5) is 24.3. The SMILES string of the molecule is O=C(Nc1ccccc1)[C@@H]1[C@@H]2C[C@@H]3[C@@H]1C(=O)O[C@@H]3C2. The number of hydrogen-bond donors (Lipinski definition) is 1. The Morgan fingerprint density at radius 2 is 2.00 bits per heavy atom. The van der Waals surface area contributed by atoms with E-state index in [2.05, 4.69) is 5.32 Å². The van der Waals surface area contributed by atoms with Gasteiger partial charge in [0.15, 0.2) is 0 Å². The molecule has 1 aromatic carbocycles. The van der Waals surface area contributed by atoms with Gasteiger partial charge in [0, 0.05) is 11.6 Å². The second-order valence-electron chi connectivity index (χ2n) is 5.78. The van der Waals surface area contributed by atoms with E-state index in [1.165, 1.54) is 0 Å². The number of para-hydroxylation sites is 1. The Hall–Kier alpha value is -1.84. The zero-order chi connectivity index (χ0) is 13.0. The molecule has 3 aliphatic rings. The maximum absolute atomic E-state index is 12.4. The van der Waals surface area contributed by atoms with Crippen LogP contribution >= 0.6 is 0 Å². The first-order valence-corrected chi connectivity index (χ1v) is 6.80. The van der Waals surface area contributed by atoms with Gasteiger partial charge in [-0.1, -0.05) is 18.2 Å². The van der Waals surface area contributed by atoms with Crippen molar-refractivity contribution in [2.45, 2.75) is 18.9 Å². The molecule has 2 aliphatic carbocycles. The molecule has 0 aromatic heterocycles. The van der Waals surface area contributed by atoms with Crippen molar-refractivity contribution in [3.8, 4) is 0 Å². The first-order chi connectivity index (χ1) is 9.24. The summed E-state index contributed by atoms with van der Waals surface area (Å²) in [5, 5.41) is 2.93. The average Bonchev–Trinajstić information content (AvgIpc) is 3.00. The molecule has 2 bridgehead atoms. The lowest BCUT2D eigenvalue weighted by Gasteiger charge is -2.23. The topological polar surface area (TPSA) is 55.4 Å². The van der Waals surface area contributed by atoms with Gasteiger partial charge in [0.1, 0.15) is 6.10 Å². The number of carbonyl (C=O) groups is 2. The molecule has 1 amide bonds. The van der Waals surface area contributed by atoms with E-state index < -0.39 is 0 Å². The molecule has 19 heavy (non-hydrogen) atoms. The van der Waals surface area contributed by atoms with Crippen molar-refractivity contribution in [3.63, 3.8) is 0 Å². The number of fused-ring (bicyclic) bond motifs is 1. The van der Waals surface area contributed by atoms with Gasteiger partial charge in [-0.15, -0.1) is 0 Å². The largest absolute Gasteiger partial charge is 0.462 e. The molecule has 1 aromatic rings. The first-order valence-electron chi connectivity index (χ1n) is 6.80. The molecule has 2 saturated carbocycles. The van der Waals surface area contributed by atoms with Gasteiger partial charge in [0.2, 0.25) is 5.91 Å². The third-order valence-electron chi connectivity index (χ3n) is 4.83. The van der Waals surface area contributed by atoms with E-state index in [0.29, 0.717) is 5.92 Å². The number of nitrogens with one attached hydrogen (secondary N) is 1. The minimum atomic E-state index is -0.201. The van der Waals surface area contributed by atoms with Crippen LogP contribution in [-0.4, -0.2) is 18.0 Å². The van der Waals surface area contributed by atoms with Crippen LogP contribution in [0.3, 0.4) is 0 Å². The van der Waals surface area contributed by atoms with Crippen LogP contribution in [0.25, 0.3) is 0 Å². The molecule has 1 saturated heterocycles. The minimum Gasteiger partial charge on any atom is -0.462 e. The molecule has 5 atom stereocenters. The third kappa shape index (κ3) is 1.52. The molecule has 4 nitrogen and oxygen atoms in total. The number of amides is 1. The molecule has 1 N–H and O–H groups in total. The van der Waals surface area contributed by atoms with Crippen LogP contribution in [-0.2, 0) is 14.3 Å². The monoisotopic (exact) mass is 257 g/mol. The highest BCUT2D eigenvalue weighted by molar-refractivity contribution is 5.96. The van der Waals surface area contributed by atoms with E-state index in [4.69, 9.17) is 4.74 Å². The molecular weight excluding hydrogens is 242 g/mol. The molecule has 3 fully saturated rings. The Balaban J connectivity index is 1.57. The summed E-state index contributed by atoms with van der Waals surface area (Å²) in [5.41, 5.74) is 0.790. The summed E-state index contributed by atoms with van der Waals surface area (Å²) in [5.74, 6) is 0.00677. The average molecular weight is 257 g/mol. The number of rotatable bonds is 2. The number of anilines is 1. The lowest BCUT2D eigenvalue weighted by molar-refractivity contribution is -0.145. The molecular formula is C15H15NO3. The second kappa shape index (κ2) is 3.83. The highest BCUT2D eigenvalue weighted by Gasteiger charge is 2.63. The van der Waals surface area contributed by atoms with Gasteiger partial charge >= 0.3 is 5.97 Å². The van der Waals surface area contributed by atoms with E-state index in [1.807, 2.05) is 30.3 Å². The minimum absolute atomic E-state index is 0.0269. The summed E-state index contributed by atoms with van der Waals surface area (Å²) in [6.07, 6.45) is 1.91. The predicted octanol–water partition coefficient (Wildman–Crippen LogP) is 1.82. The number of benzene rings is 1. The fourth-order valence-corrected chi connectivity index (χ4v) is 4.11. The van der Waals surface area contributed by atoms with Crippen LogP contribution in [0.4, 0.5) is 5.69 Å². The maximum Gasteiger partial charge on any atom is 0.310 e. The molecule has 0 spiro atoms. The van der Waals surface area contributed by atoms with Gasteiger partial charge in [0.25, 0.3) is 0 Å². The van der Waals surface area contributed by atoms with Crippen molar-refractivity contribution in [1.82, 2.24) is 0 Å². The molecule has 1 heterocycles. The summed E-state index contributed by atoms with van der Waals surface area (Å²) in [7, 11) is 0. The van der Waals surface area contributed by atoms with Crippen molar-refractivity contribution in [1.29, 1.82) is 0 Å². The number of ether oxygens (including phenoxy) is 1. The van der Waals surface area contributed by atoms with Crippen LogP contribution in [0, 0.1) is 23.7 Å². The highest BCUT2D eigenvalue weighted by Crippen LogP contribution is 2.57. The quantitative estimate of drug-likeness (QED) is 0.822. The lowest BCUT2D eigenvalue weighted by atomic mass is 9.79. The van der Waals surface area contributed by atoms with E-state index >= 15 is 0 Å². The van der Waals surface area contributed by atoms with Crippen molar-refractivity contribution < 1.29 is 14.3 Å². The van der Waals surface area contributed by atoms with Gasteiger partial charge in [-0.05, 0) is 30.9 Å². The fourth-order valence-electron chi connectivity index (χ4n) is 4.11.